The Labute approximate surface area is 190 Å². The molecule has 3 aromatic rings. The highest BCUT2D eigenvalue weighted by Gasteiger charge is 2.14. The zero-order valence-corrected chi connectivity index (χ0v) is 19.1. The predicted octanol–water partition coefficient (Wildman–Crippen LogP) is 4.24. The van der Waals surface area contributed by atoms with Crippen LogP contribution in [0.4, 0.5) is 0 Å². The number of aryl methyl sites for hydroxylation is 2. The minimum Gasteiger partial charge on any atom is -0.354 e. The van der Waals surface area contributed by atoms with E-state index in [4.69, 9.17) is 0 Å². The second-order valence-electron chi connectivity index (χ2n) is 7.95. The van der Waals surface area contributed by atoms with Crippen molar-refractivity contribution in [3.8, 4) is 0 Å². The average Bonchev–Trinajstić information content (AvgIpc) is 2.82. The maximum atomic E-state index is 12.5. The molecule has 0 saturated carbocycles. The monoisotopic (exact) mass is 450 g/mol. The molecule has 2 N–H and O–H groups in total. The summed E-state index contributed by atoms with van der Waals surface area (Å²) in [5, 5.41) is 3.04. The van der Waals surface area contributed by atoms with Gasteiger partial charge < -0.3 is 5.32 Å². The third-order valence-electron chi connectivity index (χ3n) is 5.30. The van der Waals surface area contributed by atoms with Gasteiger partial charge in [-0.15, -0.1) is 0 Å². The molecule has 168 valence electrons. The van der Waals surface area contributed by atoms with Crippen molar-refractivity contribution in [2.75, 3.05) is 0 Å². The number of hydrogen-bond acceptors (Lipinski definition) is 3. The predicted molar refractivity (Wildman–Crippen MR) is 128 cm³/mol. The van der Waals surface area contributed by atoms with Crippen LogP contribution in [0.1, 0.15) is 36.5 Å². The molecule has 0 fully saturated rings. The van der Waals surface area contributed by atoms with E-state index in [0.29, 0.717) is 12.8 Å². The average molecular weight is 451 g/mol. The van der Waals surface area contributed by atoms with Crippen molar-refractivity contribution < 1.29 is 13.2 Å². The Kier molecular flexibility index (Phi) is 8.59. The van der Waals surface area contributed by atoms with Crippen LogP contribution >= 0.6 is 0 Å². The smallest absolute Gasteiger partial charge is 0.240 e. The van der Waals surface area contributed by atoms with Gasteiger partial charge in [0.25, 0.3) is 0 Å². The van der Waals surface area contributed by atoms with E-state index in [0.717, 1.165) is 24.0 Å². The van der Waals surface area contributed by atoms with Gasteiger partial charge in [-0.2, -0.15) is 0 Å². The molecule has 0 aliphatic carbocycles. The van der Waals surface area contributed by atoms with Gasteiger partial charge in [-0.1, -0.05) is 72.8 Å². The summed E-state index contributed by atoms with van der Waals surface area (Å²) in [6, 6.07) is 26.4. The topological polar surface area (TPSA) is 75.3 Å². The quantitative estimate of drug-likeness (QED) is 0.459. The molecule has 0 heterocycles. The highest BCUT2D eigenvalue weighted by molar-refractivity contribution is 7.89. The second-order valence-corrected chi connectivity index (χ2v) is 9.71. The van der Waals surface area contributed by atoms with Crippen LogP contribution < -0.4 is 10.0 Å². The number of amides is 1. The normalized spacial score (nSPS) is 12.3. The molecule has 0 aromatic heterocycles. The molecule has 1 amide bonds. The van der Waals surface area contributed by atoms with Crippen LogP contribution in [0.15, 0.2) is 89.8 Å². The van der Waals surface area contributed by atoms with Crippen molar-refractivity contribution in [1.82, 2.24) is 10.0 Å². The largest absolute Gasteiger partial charge is 0.354 e. The zero-order valence-electron chi connectivity index (χ0n) is 18.3. The Bertz CT molecular complexity index is 1080. The minimum atomic E-state index is -3.58. The molecular weight excluding hydrogens is 420 g/mol. The summed E-state index contributed by atoms with van der Waals surface area (Å²) in [6.45, 7) is 2.26. The Hall–Kier alpha value is -2.96. The summed E-state index contributed by atoms with van der Waals surface area (Å²) in [4.78, 5) is 12.5. The Morgan fingerprint density at radius 3 is 1.97 bits per heavy atom. The van der Waals surface area contributed by atoms with Crippen LogP contribution in [0.2, 0.25) is 0 Å². The highest BCUT2D eigenvalue weighted by atomic mass is 32.2. The zero-order chi connectivity index (χ0) is 22.8. The van der Waals surface area contributed by atoms with Crippen LogP contribution in [0.3, 0.4) is 0 Å². The van der Waals surface area contributed by atoms with Crippen LogP contribution in [-0.2, 0) is 34.2 Å². The molecule has 5 nitrogen and oxygen atoms in total. The van der Waals surface area contributed by atoms with Gasteiger partial charge in [0.15, 0.2) is 0 Å². The first kappa shape index (κ1) is 23.7. The molecule has 0 spiro atoms. The lowest BCUT2D eigenvalue weighted by atomic mass is 10.1. The minimum absolute atomic E-state index is 0.00628. The third-order valence-corrected chi connectivity index (χ3v) is 6.72. The summed E-state index contributed by atoms with van der Waals surface area (Å²) in [7, 11) is -3.58. The van der Waals surface area contributed by atoms with E-state index in [1.165, 1.54) is 5.56 Å². The van der Waals surface area contributed by atoms with Gasteiger partial charge in [0.2, 0.25) is 15.9 Å². The van der Waals surface area contributed by atoms with E-state index in [1.54, 1.807) is 24.3 Å². The number of rotatable bonds is 11. The summed E-state index contributed by atoms with van der Waals surface area (Å²) in [6.07, 6.45) is 2.75. The van der Waals surface area contributed by atoms with Gasteiger partial charge in [-0.3, -0.25) is 4.79 Å². The molecule has 0 aliphatic rings. The molecule has 3 aromatic carbocycles. The van der Waals surface area contributed by atoms with Crippen LogP contribution in [-0.4, -0.2) is 20.4 Å². The van der Waals surface area contributed by atoms with Gasteiger partial charge >= 0.3 is 0 Å². The molecule has 0 aliphatic heterocycles. The molecular formula is C26H30N2O3S. The molecule has 32 heavy (non-hydrogen) atoms. The number of sulfonamides is 1. The Balaban J connectivity index is 1.43. The van der Waals surface area contributed by atoms with E-state index in [9.17, 15) is 13.2 Å². The van der Waals surface area contributed by atoms with Crippen molar-refractivity contribution in [2.24, 2.45) is 0 Å². The molecule has 1 atom stereocenters. The SMILES string of the molecule is C[C@@H](CCc1ccccc1)NC(=O)CCc1ccc(S(=O)(=O)NCc2ccccc2)cc1. The van der Waals surface area contributed by atoms with Gasteiger partial charge in [0.05, 0.1) is 4.90 Å². The van der Waals surface area contributed by atoms with Crippen molar-refractivity contribution >= 4 is 15.9 Å². The summed E-state index contributed by atoms with van der Waals surface area (Å²) >= 11 is 0. The number of hydrogen-bond donors (Lipinski definition) is 2. The Morgan fingerprint density at radius 1 is 0.781 bits per heavy atom. The lowest BCUT2D eigenvalue weighted by molar-refractivity contribution is -0.121. The number of nitrogens with one attached hydrogen (secondary N) is 2. The van der Waals surface area contributed by atoms with Gasteiger partial charge in [-0.25, -0.2) is 13.1 Å². The standard InChI is InChI=1S/C26H30N2O3S/c1-21(12-13-22-8-4-2-5-9-22)28-26(29)19-16-23-14-17-25(18-15-23)32(30,31)27-20-24-10-6-3-7-11-24/h2-11,14-15,17-18,21,27H,12-13,16,19-20H2,1H3,(H,28,29)/t21-/m0/s1. The van der Waals surface area contributed by atoms with Crippen molar-refractivity contribution in [1.29, 1.82) is 0 Å². The van der Waals surface area contributed by atoms with Crippen LogP contribution in [0.5, 0.6) is 0 Å². The first-order valence-electron chi connectivity index (χ1n) is 10.9. The first-order valence-corrected chi connectivity index (χ1v) is 12.4. The molecule has 0 unspecified atom stereocenters. The lowest BCUT2D eigenvalue weighted by Crippen LogP contribution is -2.33. The number of carbonyl (C=O) groups excluding carboxylic acids is 1. The van der Waals surface area contributed by atoms with Gasteiger partial charge in [0.1, 0.15) is 0 Å². The van der Waals surface area contributed by atoms with E-state index in [1.807, 2.05) is 55.5 Å². The molecule has 3 rings (SSSR count). The van der Waals surface area contributed by atoms with Crippen molar-refractivity contribution in [3.05, 3.63) is 102 Å². The number of benzene rings is 3. The van der Waals surface area contributed by atoms with Crippen LogP contribution in [0, 0.1) is 0 Å². The second kappa shape index (κ2) is 11.6. The Morgan fingerprint density at radius 2 is 1.34 bits per heavy atom. The van der Waals surface area contributed by atoms with Gasteiger partial charge in [-0.05, 0) is 55.0 Å². The number of carbonyl (C=O) groups is 1. The first-order chi connectivity index (χ1) is 15.4. The summed E-state index contributed by atoms with van der Waals surface area (Å²) < 4.78 is 27.6. The highest BCUT2D eigenvalue weighted by Crippen LogP contribution is 2.13. The van der Waals surface area contributed by atoms with Gasteiger partial charge in [0, 0.05) is 19.0 Å². The lowest BCUT2D eigenvalue weighted by Gasteiger charge is -2.14. The molecule has 6 heteroatoms. The maximum absolute atomic E-state index is 12.5. The molecule has 0 radical (unpaired) electrons. The van der Waals surface area contributed by atoms with E-state index >= 15 is 0 Å². The van der Waals surface area contributed by atoms with Crippen LogP contribution in [0.25, 0.3) is 0 Å². The maximum Gasteiger partial charge on any atom is 0.240 e. The third kappa shape index (κ3) is 7.62. The van der Waals surface area contributed by atoms with E-state index in [2.05, 4.69) is 22.2 Å². The summed E-state index contributed by atoms with van der Waals surface area (Å²) in [5.74, 6) is 0.00628. The van der Waals surface area contributed by atoms with Crippen molar-refractivity contribution in [2.45, 2.75) is 50.1 Å². The molecule has 0 bridgehead atoms. The molecule has 0 saturated heterocycles. The fourth-order valence-corrected chi connectivity index (χ4v) is 4.42. The fourth-order valence-electron chi connectivity index (χ4n) is 3.40. The summed E-state index contributed by atoms with van der Waals surface area (Å²) in [5.41, 5.74) is 3.10. The van der Waals surface area contributed by atoms with E-state index in [-0.39, 0.29) is 23.4 Å². The van der Waals surface area contributed by atoms with E-state index < -0.39 is 10.0 Å². The van der Waals surface area contributed by atoms with Crippen molar-refractivity contribution in [3.63, 3.8) is 0 Å². The fraction of sp³-hybridized carbons (Fsp3) is 0.269.